The van der Waals surface area contributed by atoms with Crippen molar-refractivity contribution in [1.82, 2.24) is 9.55 Å². The number of hydrogen-bond donors (Lipinski definition) is 1. The number of rotatable bonds is 5. The Morgan fingerprint density at radius 3 is 2.71 bits per heavy atom. The maximum atomic E-state index is 14.2. The highest BCUT2D eigenvalue weighted by molar-refractivity contribution is 5.95. The first kappa shape index (κ1) is 15.7. The highest BCUT2D eigenvalue weighted by atomic mass is 19.1. The minimum Gasteiger partial charge on any atom is -0.455 e. The third-order valence-corrected chi connectivity index (χ3v) is 3.55. The van der Waals surface area contributed by atoms with Crippen LogP contribution in [0.5, 0.6) is 11.5 Å². The van der Waals surface area contributed by atoms with Gasteiger partial charge in [-0.1, -0.05) is 24.3 Å². The second-order valence-corrected chi connectivity index (χ2v) is 5.20. The number of hydrogen-bond acceptors (Lipinski definition) is 3. The molecule has 3 rings (SSSR count). The number of amides is 1. The van der Waals surface area contributed by atoms with Crippen molar-refractivity contribution >= 4 is 11.6 Å². The Kier molecular flexibility index (Phi) is 4.56. The summed E-state index contributed by atoms with van der Waals surface area (Å²) in [4.78, 5) is 16.3. The van der Waals surface area contributed by atoms with E-state index in [4.69, 9.17) is 4.74 Å². The lowest BCUT2D eigenvalue weighted by Gasteiger charge is -2.16. The minimum atomic E-state index is -0.561. The highest BCUT2D eigenvalue weighted by Gasteiger charge is 2.19. The van der Waals surface area contributed by atoms with Crippen LogP contribution in [-0.2, 0) is 4.79 Å². The van der Waals surface area contributed by atoms with Crippen LogP contribution in [0.1, 0.15) is 13.0 Å². The molecule has 1 heterocycles. The van der Waals surface area contributed by atoms with Gasteiger partial charge in [0.15, 0.2) is 11.6 Å². The molecule has 2 aromatic carbocycles. The SMILES string of the molecule is C[C@@H](C(=O)Nc1c(F)cccc1Oc1ccccc1)n1ccnc1. The summed E-state index contributed by atoms with van der Waals surface area (Å²) in [7, 11) is 0. The van der Waals surface area contributed by atoms with E-state index in [2.05, 4.69) is 10.3 Å². The van der Waals surface area contributed by atoms with Crippen LogP contribution >= 0.6 is 0 Å². The van der Waals surface area contributed by atoms with Gasteiger partial charge in [0.2, 0.25) is 5.91 Å². The standard InChI is InChI=1S/C18H16FN3O2/c1-13(22-11-10-20-12-22)18(23)21-17-15(19)8-5-9-16(17)24-14-6-3-2-4-7-14/h2-13H,1H3,(H,21,23)/t13-/m0/s1. The summed E-state index contributed by atoms with van der Waals surface area (Å²) >= 11 is 0. The summed E-state index contributed by atoms with van der Waals surface area (Å²) in [6, 6.07) is 12.9. The predicted molar refractivity (Wildman–Crippen MR) is 88.5 cm³/mol. The number of anilines is 1. The van der Waals surface area contributed by atoms with E-state index in [9.17, 15) is 9.18 Å². The van der Waals surface area contributed by atoms with E-state index in [1.165, 1.54) is 18.5 Å². The number of para-hydroxylation sites is 2. The molecule has 1 N–H and O–H groups in total. The van der Waals surface area contributed by atoms with Gasteiger partial charge in [0.05, 0.1) is 6.33 Å². The fourth-order valence-corrected chi connectivity index (χ4v) is 2.19. The van der Waals surface area contributed by atoms with Crippen LogP contribution in [0.2, 0.25) is 0 Å². The second-order valence-electron chi connectivity index (χ2n) is 5.20. The van der Waals surface area contributed by atoms with Crippen LogP contribution < -0.4 is 10.1 Å². The van der Waals surface area contributed by atoms with E-state index in [1.807, 2.05) is 18.2 Å². The first-order chi connectivity index (χ1) is 11.6. The molecule has 1 atom stereocenters. The number of carbonyl (C=O) groups excluding carboxylic acids is 1. The molecule has 1 amide bonds. The lowest BCUT2D eigenvalue weighted by Crippen LogP contribution is -2.23. The first-order valence-corrected chi connectivity index (χ1v) is 7.45. The summed E-state index contributed by atoms with van der Waals surface area (Å²) in [5, 5.41) is 2.60. The Bertz CT molecular complexity index is 820. The molecule has 0 aliphatic carbocycles. The van der Waals surface area contributed by atoms with Gasteiger partial charge >= 0.3 is 0 Å². The molecule has 0 radical (unpaired) electrons. The Balaban J connectivity index is 1.83. The quantitative estimate of drug-likeness (QED) is 0.771. The van der Waals surface area contributed by atoms with Crippen molar-refractivity contribution in [2.45, 2.75) is 13.0 Å². The Morgan fingerprint density at radius 1 is 1.21 bits per heavy atom. The van der Waals surface area contributed by atoms with Crippen LogP contribution in [0.15, 0.2) is 67.3 Å². The number of carbonyl (C=O) groups is 1. The molecule has 0 aliphatic heterocycles. The van der Waals surface area contributed by atoms with Crippen molar-refractivity contribution < 1.29 is 13.9 Å². The number of benzene rings is 2. The summed E-state index contributed by atoms with van der Waals surface area (Å²) < 4.78 is 21.5. The molecule has 122 valence electrons. The normalized spacial score (nSPS) is 11.8. The van der Waals surface area contributed by atoms with Gasteiger partial charge in [-0.3, -0.25) is 4.79 Å². The third-order valence-electron chi connectivity index (χ3n) is 3.55. The molecule has 5 nitrogen and oxygen atoms in total. The monoisotopic (exact) mass is 325 g/mol. The molecule has 24 heavy (non-hydrogen) atoms. The zero-order valence-electron chi connectivity index (χ0n) is 13.0. The molecule has 1 aromatic heterocycles. The third kappa shape index (κ3) is 3.43. The van der Waals surface area contributed by atoms with Gasteiger partial charge in [-0.15, -0.1) is 0 Å². The number of halogens is 1. The molecule has 0 aliphatic rings. The number of imidazole rings is 1. The van der Waals surface area contributed by atoms with E-state index >= 15 is 0 Å². The average Bonchev–Trinajstić information content (AvgIpc) is 3.12. The van der Waals surface area contributed by atoms with Crippen LogP contribution in [0.3, 0.4) is 0 Å². The molecular formula is C18H16FN3O2. The summed E-state index contributed by atoms with van der Waals surface area (Å²) in [5.74, 6) is -0.126. The molecule has 3 aromatic rings. The molecule has 0 fully saturated rings. The van der Waals surface area contributed by atoms with E-state index in [-0.39, 0.29) is 17.3 Å². The minimum absolute atomic E-state index is 0.0123. The second kappa shape index (κ2) is 6.95. The lowest BCUT2D eigenvalue weighted by atomic mass is 10.2. The summed E-state index contributed by atoms with van der Waals surface area (Å²) in [6.45, 7) is 1.70. The van der Waals surface area contributed by atoms with Crippen molar-refractivity contribution in [2.75, 3.05) is 5.32 Å². The molecule has 0 bridgehead atoms. The van der Waals surface area contributed by atoms with E-state index in [0.717, 1.165) is 0 Å². The van der Waals surface area contributed by atoms with Gasteiger partial charge < -0.3 is 14.6 Å². The molecule has 6 heteroatoms. The van der Waals surface area contributed by atoms with E-state index < -0.39 is 11.9 Å². The van der Waals surface area contributed by atoms with Crippen molar-refractivity contribution in [3.05, 3.63) is 73.1 Å². The Hall–Kier alpha value is -3.15. The lowest BCUT2D eigenvalue weighted by molar-refractivity contribution is -0.118. The summed E-state index contributed by atoms with van der Waals surface area (Å²) in [5.41, 5.74) is 0.0123. The van der Waals surface area contributed by atoms with Gasteiger partial charge in [0.25, 0.3) is 0 Å². The maximum absolute atomic E-state index is 14.2. The fourth-order valence-electron chi connectivity index (χ4n) is 2.19. The van der Waals surface area contributed by atoms with E-state index in [0.29, 0.717) is 5.75 Å². The van der Waals surface area contributed by atoms with Crippen LogP contribution in [0, 0.1) is 5.82 Å². The molecular weight excluding hydrogens is 309 g/mol. The smallest absolute Gasteiger partial charge is 0.247 e. The van der Waals surface area contributed by atoms with Gasteiger partial charge in [-0.25, -0.2) is 9.37 Å². The molecule has 0 spiro atoms. The molecule has 0 saturated heterocycles. The van der Waals surface area contributed by atoms with Crippen LogP contribution in [0.25, 0.3) is 0 Å². The number of nitrogens with one attached hydrogen (secondary N) is 1. The number of aromatic nitrogens is 2. The van der Waals surface area contributed by atoms with Gasteiger partial charge in [0.1, 0.15) is 17.5 Å². The first-order valence-electron chi connectivity index (χ1n) is 7.45. The van der Waals surface area contributed by atoms with Gasteiger partial charge in [0, 0.05) is 12.4 Å². The maximum Gasteiger partial charge on any atom is 0.247 e. The molecule has 0 unspecified atom stereocenters. The molecule has 0 saturated carbocycles. The van der Waals surface area contributed by atoms with Crippen molar-refractivity contribution in [3.8, 4) is 11.5 Å². The number of nitrogens with zero attached hydrogens (tertiary/aromatic N) is 2. The predicted octanol–water partition coefficient (Wildman–Crippen LogP) is 4.01. The van der Waals surface area contributed by atoms with Crippen molar-refractivity contribution in [3.63, 3.8) is 0 Å². The Morgan fingerprint density at radius 2 is 2.00 bits per heavy atom. The largest absolute Gasteiger partial charge is 0.455 e. The van der Waals surface area contributed by atoms with Crippen molar-refractivity contribution in [2.24, 2.45) is 0 Å². The zero-order chi connectivity index (χ0) is 16.9. The van der Waals surface area contributed by atoms with Gasteiger partial charge in [-0.05, 0) is 31.2 Å². The topological polar surface area (TPSA) is 56.1 Å². The average molecular weight is 325 g/mol. The van der Waals surface area contributed by atoms with Crippen LogP contribution in [-0.4, -0.2) is 15.5 Å². The Labute approximate surface area is 138 Å². The number of ether oxygens (including phenoxy) is 1. The van der Waals surface area contributed by atoms with Crippen molar-refractivity contribution in [1.29, 1.82) is 0 Å². The zero-order valence-corrected chi connectivity index (χ0v) is 13.0. The highest BCUT2D eigenvalue weighted by Crippen LogP contribution is 2.32. The van der Waals surface area contributed by atoms with E-state index in [1.54, 1.807) is 42.1 Å². The van der Waals surface area contributed by atoms with Crippen LogP contribution in [0.4, 0.5) is 10.1 Å². The van der Waals surface area contributed by atoms with Gasteiger partial charge in [-0.2, -0.15) is 0 Å². The fraction of sp³-hybridized carbons (Fsp3) is 0.111. The summed E-state index contributed by atoms with van der Waals surface area (Å²) in [6.07, 6.45) is 4.79.